The second-order valence-corrected chi connectivity index (χ2v) is 6.56. The summed E-state index contributed by atoms with van der Waals surface area (Å²) in [5.74, 6) is 0.668. The molecule has 0 radical (unpaired) electrons. The van der Waals surface area contributed by atoms with Crippen LogP contribution in [-0.4, -0.2) is 60.0 Å². The van der Waals surface area contributed by atoms with E-state index >= 15 is 0 Å². The van der Waals surface area contributed by atoms with Crippen LogP contribution in [0.2, 0.25) is 0 Å². The maximum Gasteiger partial charge on any atom is 0.0938 e. The Hall–Kier alpha value is -0.160. The second-order valence-electron chi connectivity index (χ2n) is 6.56. The topological polar surface area (TPSA) is 55.7 Å². The molecular formula is C15H32N2O2. The average Bonchev–Trinajstić information content (AvgIpc) is 2.66. The summed E-state index contributed by atoms with van der Waals surface area (Å²) in [5, 5.41) is 22.9. The summed E-state index contributed by atoms with van der Waals surface area (Å²) in [6.07, 6.45) is 1.10. The third-order valence-corrected chi connectivity index (χ3v) is 4.45. The number of aliphatic hydroxyl groups is 2. The molecule has 2 unspecified atom stereocenters. The van der Waals surface area contributed by atoms with Gasteiger partial charge in [-0.25, -0.2) is 0 Å². The number of β-amino-alcohol motifs (C(OH)–C–C–N with tert-alkyl or cyclic N) is 2. The highest BCUT2D eigenvalue weighted by Crippen LogP contribution is 2.28. The minimum Gasteiger partial charge on any atom is -0.389 e. The first-order chi connectivity index (χ1) is 8.92. The van der Waals surface area contributed by atoms with Gasteiger partial charge in [-0.15, -0.1) is 0 Å². The van der Waals surface area contributed by atoms with Crippen molar-refractivity contribution in [3.8, 4) is 0 Å². The molecule has 4 heteroatoms. The highest BCUT2D eigenvalue weighted by Gasteiger charge is 2.35. The van der Waals surface area contributed by atoms with Gasteiger partial charge in [-0.3, -0.25) is 4.90 Å². The summed E-state index contributed by atoms with van der Waals surface area (Å²) in [5.41, 5.74) is 0.249. The number of hydrogen-bond donors (Lipinski definition) is 3. The molecule has 0 spiro atoms. The smallest absolute Gasteiger partial charge is 0.0938 e. The van der Waals surface area contributed by atoms with E-state index in [9.17, 15) is 10.2 Å². The molecule has 1 aliphatic rings. The molecular weight excluding hydrogens is 240 g/mol. The molecule has 0 bridgehead atoms. The zero-order valence-electron chi connectivity index (χ0n) is 13.0. The Morgan fingerprint density at radius 2 is 1.68 bits per heavy atom. The van der Waals surface area contributed by atoms with Crippen molar-refractivity contribution in [3.63, 3.8) is 0 Å². The standard InChI is InChI=1S/C15H32N2O2/c1-5-15(6-2,10-16-7-12(3)4)11-17-8-13(18)14(19)9-17/h12-14,16,18-19H,5-11H2,1-4H3. The normalized spacial score (nSPS) is 25.4. The number of nitrogens with one attached hydrogen (secondary N) is 1. The molecule has 1 heterocycles. The van der Waals surface area contributed by atoms with E-state index in [1.807, 2.05) is 0 Å². The SMILES string of the molecule is CCC(CC)(CNCC(C)C)CN1CC(O)C(O)C1. The summed E-state index contributed by atoms with van der Waals surface area (Å²) in [4.78, 5) is 2.21. The van der Waals surface area contributed by atoms with Crippen LogP contribution in [0, 0.1) is 11.3 Å². The van der Waals surface area contributed by atoms with Crippen molar-refractivity contribution in [3.05, 3.63) is 0 Å². The Kier molecular flexibility index (Phi) is 6.74. The van der Waals surface area contributed by atoms with E-state index in [1.165, 1.54) is 0 Å². The number of hydrogen-bond acceptors (Lipinski definition) is 4. The van der Waals surface area contributed by atoms with Crippen molar-refractivity contribution >= 4 is 0 Å². The molecule has 1 saturated heterocycles. The van der Waals surface area contributed by atoms with Crippen molar-refractivity contribution in [2.75, 3.05) is 32.7 Å². The van der Waals surface area contributed by atoms with Gasteiger partial charge in [0.15, 0.2) is 0 Å². The fourth-order valence-electron chi connectivity index (χ4n) is 2.86. The van der Waals surface area contributed by atoms with E-state index < -0.39 is 12.2 Å². The van der Waals surface area contributed by atoms with Crippen molar-refractivity contribution in [1.82, 2.24) is 10.2 Å². The largest absolute Gasteiger partial charge is 0.389 e. The van der Waals surface area contributed by atoms with Gasteiger partial charge in [-0.2, -0.15) is 0 Å². The van der Waals surface area contributed by atoms with Crippen molar-refractivity contribution in [1.29, 1.82) is 0 Å². The predicted octanol–water partition coefficient (Wildman–Crippen LogP) is 1.08. The summed E-state index contributed by atoms with van der Waals surface area (Å²) < 4.78 is 0. The first kappa shape index (κ1) is 16.9. The predicted molar refractivity (Wildman–Crippen MR) is 79.2 cm³/mol. The van der Waals surface area contributed by atoms with Crippen molar-refractivity contribution in [2.45, 2.75) is 52.7 Å². The van der Waals surface area contributed by atoms with Gasteiger partial charge in [0, 0.05) is 26.2 Å². The number of aliphatic hydroxyl groups excluding tert-OH is 2. The molecule has 0 aromatic carbocycles. The monoisotopic (exact) mass is 272 g/mol. The molecule has 1 fully saturated rings. The van der Waals surface area contributed by atoms with Crippen LogP contribution in [0.5, 0.6) is 0 Å². The Balaban J connectivity index is 2.51. The summed E-state index contributed by atoms with van der Waals surface area (Å²) in [6.45, 7) is 13.2. The second kappa shape index (κ2) is 7.58. The zero-order chi connectivity index (χ0) is 14.5. The van der Waals surface area contributed by atoms with Gasteiger partial charge >= 0.3 is 0 Å². The fraction of sp³-hybridized carbons (Fsp3) is 1.00. The molecule has 114 valence electrons. The third-order valence-electron chi connectivity index (χ3n) is 4.45. The van der Waals surface area contributed by atoms with Crippen LogP contribution in [0.3, 0.4) is 0 Å². The summed E-state index contributed by atoms with van der Waals surface area (Å²) in [7, 11) is 0. The zero-order valence-corrected chi connectivity index (χ0v) is 13.0. The highest BCUT2D eigenvalue weighted by molar-refractivity contribution is 4.89. The minimum absolute atomic E-state index is 0.249. The van der Waals surface area contributed by atoms with Crippen LogP contribution in [-0.2, 0) is 0 Å². The van der Waals surface area contributed by atoms with Crippen LogP contribution < -0.4 is 5.32 Å². The minimum atomic E-state index is -0.574. The van der Waals surface area contributed by atoms with E-state index in [2.05, 4.69) is 37.9 Å². The van der Waals surface area contributed by atoms with Crippen molar-refractivity contribution < 1.29 is 10.2 Å². The molecule has 3 N–H and O–H groups in total. The lowest BCUT2D eigenvalue weighted by atomic mass is 9.81. The number of nitrogens with zero attached hydrogens (tertiary/aromatic N) is 1. The Morgan fingerprint density at radius 1 is 1.16 bits per heavy atom. The van der Waals surface area contributed by atoms with E-state index in [-0.39, 0.29) is 5.41 Å². The van der Waals surface area contributed by atoms with Crippen LogP contribution >= 0.6 is 0 Å². The lowest BCUT2D eigenvalue weighted by Crippen LogP contribution is -2.44. The van der Waals surface area contributed by atoms with Crippen LogP contribution in [0.25, 0.3) is 0 Å². The lowest BCUT2D eigenvalue weighted by molar-refractivity contribution is 0.0572. The van der Waals surface area contributed by atoms with Gasteiger partial charge in [0.25, 0.3) is 0 Å². The van der Waals surface area contributed by atoms with Gasteiger partial charge in [0.2, 0.25) is 0 Å². The first-order valence-corrected chi connectivity index (χ1v) is 7.71. The molecule has 0 aromatic rings. The Labute approximate surface area is 118 Å². The van der Waals surface area contributed by atoms with E-state index in [4.69, 9.17) is 0 Å². The molecule has 19 heavy (non-hydrogen) atoms. The maximum absolute atomic E-state index is 9.65. The number of rotatable bonds is 8. The van der Waals surface area contributed by atoms with Gasteiger partial charge in [-0.1, -0.05) is 27.7 Å². The first-order valence-electron chi connectivity index (χ1n) is 7.71. The molecule has 1 rings (SSSR count). The van der Waals surface area contributed by atoms with E-state index in [0.717, 1.165) is 32.5 Å². The van der Waals surface area contributed by atoms with Crippen LogP contribution in [0.1, 0.15) is 40.5 Å². The molecule has 1 aliphatic heterocycles. The van der Waals surface area contributed by atoms with Crippen LogP contribution in [0.15, 0.2) is 0 Å². The quantitative estimate of drug-likeness (QED) is 0.619. The van der Waals surface area contributed by atoms with Gasteiger partial charge < -0.3 is 15.5 Å². The van der Waals surface area contributed by atoms with Gasteiger partial charge in [0.1, 0.15) is 0 Å². The van der Waals surface area contributed by atoms with Gasteiger partial charge in [0.05, 0.1) is 12.2 Å². The lowest BCUT2D eigenvalue weighted by Gasteiger charge is -2.36. The third kappa shape index (κ3) is 5.03. The molecule has 0 saturated carbocycles. The van der Waals surface area contributed by atoms with Gasteiger partial charge in [-0.05, 0) is 30.7 Å². The molecule has 2 atom stereocenters. The molecule has 0 aromatic heterocycles. The molecule has 4 nitrogen and oxygen atoms in total. The van der Waals surface area contributed by atoms with E-state index in [1.54, 1.807) is 0 Å². The Morgan fingerprint density at radius 3 is 2.11 bits per heavy atom. The summed E-state index contributed by atoms with van der Waals surface area (Å²) >= 11 is 0. The molecule has 0 amide bonds. The maximum atomic E-state index is 9.65. The van der Waals surface area contributed by atoms with Crippen LogP contribution in [0.4, 0.5) is 0 Å². The van der Waals surface area contributed by atoms with Crippen molar-refractivity contribution in [2.24, 2.45) is 11.3 Å². The highest BCUT2D eigenvalue weighted by atomic mass is 16.3. The summed E-state index contributed by atoms with van der Waals surface area (Å²) in [6, 6.07) is 0. The molecule has 0 aliphatic carbocycles. The number of likely N-dealkylation sites (tertiary alicyclic amines) is 1. The van der Waals surface area contributed by atoms with E-state index in [0.29, 0.717) is 19.0 Å². The fourth-order valence-corrected chi connectivity index (χ4v) is 2.86. The average molecular weight is 272 g/mol. The Bertz CT molecular complexity index is 245.